The number of anilines is 1. The van der Waals surface area contributed by atoms with Gasteiger partial charge >= 0.3 is 0 Å². The van der Waals surface area contributed by atoms with Crippen LogP contribution < -0.4 is 15.4 Å². The zero-order valence-electron chi connectivity index (χ0n) is 13.5. The standard InChI is InChI=1S/C18H22N2O2/c1-12-6-8-15(18(21)19-3)10-16(12)20-11-14-7-5-13(2)17(9-14)22-4/h5-10,20H,11H2,1-4H3,(H,19,21). The fourth-order valence-electron chi connectivity index (χ4n) is 2.27. The first-order chi connectivity index (χ1) is 10.5. The van der Waals surface area contributed by atoms with Crippen molar-refractivity contribution < 1.29 is 9.53 Å². The number of hydrogen-bond acceptors (Lipinski definition) is 3. The molecule has 0 aliphatic rings. The Balaban J connectivity index is 2.15. The number of hydrogen-bond donors (Lipinski definition) is 2. The highest BCUT2D eigenvalue weighted by Crippen LogP contribution is 2.21. The number of aryl methyl sites for hydroxylation is 2. The highest BCUT2D eigenvalue weighted by molar-refractivity contribution is 5.95. The lowest BCUT2D eigenvalue weighted by Gasteiger charge is -2.13. The lowest BCUT2D eigenvalue weighted by molar-refractivity contribution is 0.0963. The van der Waals surface area contributed by atoms with Crippen LogP contribution in [0.1, 0.15) is 27.0 Å². The molecule has 0 aliphatic carbocycles. The second-order valence-corrected chi connectivity index (χ2v) is 5.27. The Morgan fingerprint density at radius 1 is 1.09 bits per heavy atom. The van der Waals surface area contributed by atoms with Crippen molar-refractivity contribution in [2.45, 2.75) is 20.4 Å². The number of rotatable bonds is 5. The summed E-state index contributed by atoms with van der Waals surface area (Å²) < 4.78 is 5.35. The van der Waals surface area contributed by atoms with Crippen LogP contribution in [0.3, 0.4) is 0 Å². The van der Waals surface area contributed by atoms with Gasteiger partial charge in [-0.1, -0.05) is 18.2 Å². The van der Waals surface area contributed by atoms with E-state index in [0.717, 1.165) is 28.1 Å². The highest BCUT2D eigenvalue weighted by atomic mass is 16.5. The first-order valence-electron chi connectivity index (χ1n) is 7.25. The van der Waals surface area contributed by atoms with E-state index in [1.54, 1.807) is 14.2 Å². The van der Waals surface area contributed by atoms with E-state index in [2.05, 4.69) is 16.7 Å². The Hall–Kier alpha value is -2.49. The van der Waals surface area contributed by atoms with Crippen LogP contribution in [0.2, 0.25) is 0 Å². The predicted octanol–water partition coefficient (Wildman–Crippen LogP) is 3.28. The molecule has 4 heteroatoms. The molecule has 0 unspecified atom stereocenters. The van der Waals surface area contributed by atoms with Gasteiger partial charge in [-0.2, -0.15) is 0 Å². The molecule has 4 nitrogen and oxygen atoms in total. The first-order valence-corrected chi connectivity index (χ1v) is 7.25. The molecule has 0 saturated carbocycles. The number of carbonyl (C=O) groups is 1. The summed E-state index contributed by atoms with van der Waals surface area (Å²) in [4.78, 5) is 11.7. The number of ether oxygens (including phenoxy) is 1. The Morgan fingerprint density at radius 2 is 1.82 bits per heavy atom. The molecule has 0 bridgehead atoms. The monoisotopic (exact) mass is 298 g/mol. The van der Waals surface area contributed by atoms with E-state index in [0.29, 0.717) is 12.1 Å². The minimum atomic E-state index is -0.0833. The Morgan fingerprint density at radius 3 is 2.50 bits per heavy atom. The smallest absolute Gasteiger partial charge is 0.251 e. The molecule has 22 heavy (non-hydrogen) atoms. The van der Waals surface area contributed by atoms with E-state index < -0.39 is 0 Å². The topological polar surface area (TPSA) is 50.4 Å². The molecule has 2 rings (SSSR count). The molecule has 2 aromatic carbocycles. The average molecular weight is 298 g/mol. The Labute approximate surface area is 131 Å². The molecule has 0 saturated heterocycles. The van der Waals surface area contributed by atoms with Gasteiger partial charge in [0.15, 0.2) is 0 Å². The number of carbonyl (C=O) groups excluding carboxylic acids is 1. The summed E-state index contributed by atoms with van der Waals surface area (Å²) in [6.45, 7) is 4.72. The van der Waals surface area contributed by atoms with Gasteiger partial charge in [-0.05, 0) is 48.7 Å². The van der Waals surface area contributed by atoms with E-state index in [-0.39, 0.29) is 5.91 Å². The molecule has 0 aromatic heterocycles. The normalized spacial score (nSPS) is 10.2. The summed E-state index contributed by atoms with van der Waals surface area (Å²) >= 11 is 0. The molecule has 116 valence electrons. The molecular formula is C18H22N2O2. The van der Waals surface area contributed by atoms with Gasteiger partial charge in [-0.15, -0.1) is 0 Å². The van der Waals surface area contributed by atoms with Gasteiger partial charge in [-0.3, -0.25) is 4.79 Å². The van der Waals surface area contributed by atoms with Crippen molar-refractivity contribution in [3.05, 3.63) is 58.7 Å². The zero-order chi connectivity index (χ0) is 16.1. The first kappa shape index (κ1) is 15.9. The largest absolute Gasteiger partial charge is 0.496 e. The van der Waals surface area contributed by atoms with E-state index in [4.69, 9.17) is 4.74 Å². The summed E-state index contributed by atoms with van der Waals surface area (Å²) in [5.41, 5.74) is 4.96. The summed E-state index contributed by atoms with van der Waals surface area (Å²) in [6.07, 6.45) is 0. The van der Waals surface area contributed by atoms with Gasteiger partial charge in [0.2, 0.25) is 0 Å². The van der Waals surface area contributed by atoms with Crippen LogP contribution in [0, 0.1) is 13.8 Å². The van der Waals surface area contributed by atoms with Crippen LogP contribution in [0.25, 0.3) is 0 Å². The summed E-state index contributed by atoms with van der Waals surface area (Å²) in [5, 5.41) is 6.02. The minimum absolute atomic E-state index is 0.0833. The molecule has 1 amide bonds. The highest BCUT2D eigenvalue weighted by Gasteiger charge is 2.07. The predicted molar refractivity (Wildman–Crippen MR) is 89.6 cm³/mol. The second-order valence-electron chi connectivity index (χ2n) is 5.27. The third-order valence-electron chi connectivity index (χ3n) is 3.68. The third kappa shape index (κ3) is 3.58. The number of nitrogens with one attached hydrogen (secondary N) is 2. The third-order valence-corrected chi connectivity index (χ3v) is 3.68. The molecule has 0 heterocycles. The number of benzene rings is 2. The van der Waals surface area contributed by atoms with Crippen molar-refractivity contribution in [1.29, 1.82) is 0 Å². The van der Waals surface area contributed by atoms with Gasteiger partial charge in [0, 0.05) is 24.8 Å². The fourth-order valence-corrected chi connectivity index (χ4v) is 2.27. The van der Waals surface area contributed by atoms with Crippen LogP contribution in [-0.2, 0) is 6.54 Å². The van der Waals surface area contributed by atoms with E-state index in [1.807, 2.05) is 44.2 Å². The molecule has 0 atom stereocenters. The van der Waals surface area contributed by atoms with Gasteiger partial charge in [0.1, 0.15) is 5.75 Å². The molecule has 2 N–H and O–H groups in total. The molecule has 0 radical (unpaired) electrons. The van der Waals surface area contributed by atoms with Crippen molar-refractivity contribution in [2.75, 3.05) is 19.5 Å². The lowest BCUT2D eigenvalue weighted by atomic mass is 10.1. The maximum Gasteiger partial charge on any atom is 0.251 e. The van der Waals surface area contributed by atoms with Crippen molar-refractivity contribution in [3.63, 3.8) is 0 Å². The Bertz CT molecular complexity index is 681. The van der Waals surface area contributed by atoms with E-state index in [1.165, 1.54) is 0 Å². The maximum absolute atomic E-state index is 11.7. The van der Waals surface area contributed by atoms with Gasteiger partial charge < -0.3 is 15.4 Å². The molecule has 0 fully saturated rings. The van der Waals surface area contributed by atoms with Crippen LogP contribution in [0.15, 0.2) is 36.4 Å². The van der Waals surface area contributed by atoms with Crippen molar-refractivity contribution in [2.24, 2.45) is 0 Å². The van der Waals surface area contributed by atoms with Crippen LogP contribution in [0.5, 0.6) is 5.75 Å². The van der Waals surface area contributed by atoms with Crippen LogP contribution in [-0.4, -0.2) is 20.1 Å². The summed E-state index contributed by atoms with van der Waals surface area (Å²) in [6, 6.07) is 11.8. The minimum Gasteiger partial charge on any atom is -0.496 e. The van der Waals surface area contributed by atoms with Crippen molar-refractivity contribution in [3.8, 4) is 5.75 Å². The summed E-state index contributed by atoms with van der Waals surface area (Å²) in [5.74, 6) is 0.801. The van der Waals surface area contributed by atoms with Crippen molar-refractivity contribution in [1.82, 2.24) is 5.32 Å². The SMILES string of the molecule is CNC(=O)c1ccc(C)c(NCc2ccc(C)c(OC)c2)c1. The molecule has 0 spiro atoms. The van der Waals surface area contributed by atoms with Gasteiger partial charge in [0.05, 0.1) is 7.11 Å². The van der Waals surface area contributed by atoms with Crippen LogP contribution >= 0.6 is 0 Å². The van der Waals surface area contributed by atoms with E-state index in [9.17, 15) is 4.79 Å². The fraction of sp³-hybridized carbons (Fsp3) is 0.278. The molecular weight excluding hydrogens is 276 g/mol. The van der Waals surface area contributed by atoms with Gasteiger partial charge in [-0.25, -0.2) is 0 Å². The van der Waals surface area contributed by atoms with Gasteiger partial charge in [0.25, 0.3) is 5.91 Å². The maximum atomic E-state index is 11.7. The number of methoxy groups -OCH3 is 1. The van der Waals surface area contributed by atoms with Crippen LogP contribution in [0.4, 0.5) is 5.69 Å². The second kappa shape index (κ2) is 6.98. The summed E-state index contributed by atoms with van der Waals surface area (Å²) in [7, 11) is 3.31. The lowest BCUT2D eigenvalue weighted by Crippen LogP contribution is -2.18. The quantitative estimate of drug-likeness (QED) is 0.890. The average Bonchev–Trinajstić information content (AvgIpc) is 2.54. The van der Waals surface area contributed by atoms with E-state index >= 15 is 0 Å². The molecule has 2 aromatic rings. The van der Waals surface area contributed by atoms with Crippen molar-refractivity contribution >= 4 is 11.6 Å². The molecule has 0 aliphatic heterocycles. The zero-order valence-corrected chi connectivity index (χ0v) is 13.5. The number of amides is 1. The Kier molecular flexibility index (Phi) is 5.04.